The summed E-state index contributed by atoms with van der Waals surface area (Å²) in [4.78, 5) is 26.3. The summed E-state index contributed by atoms with van der Waals surface area (Å²) in [5, 5.41) is 12.3. The smallest absolute Gasteiger partial charge is 0.410 e. The van der Waals surface area contributed by atoms with E-state index in [1.54, 1.807) is 4.90 Å². The van der Waals surface area contributed by atoms with Crippen molar-refractivity contribution in [1.82, 2.24) is 10.2 Å². The van der Waals surface area contributed by atoms with Gasteiger partial charge >= 0.3 is 6.09 Å². The molecule has 0 aromatic carbocycles. The monoisotopic (exact) mass is 349 g/mol. The van der Waals surface area contributed by atoms with Gasteiger partial charge in [0.15, 0.2) is 0 Å². The Morgan fingerprint density at radius 3 is 2.56 bits per heavy atom. The lowest BCUT2D eigenvalue weighted by Crippen LogP contribution is -2.44. The number of amides is 2. The molecular formula is C19H31N3O3. The maximum Gasteiger partial charge on any atom is 0.410 e. The number of rotatable bonds is 4. The van der Waals surface area contributed by atoms with Gasteiger partial charge in [-0.3, -0.25) is 4.79 Å². The van der Waals surface area contributed by atoms with Crippen LogP contribution < -0.4 is 5.32 Å². The predicted molar refractivity (Wildman–Crippen MR) is 94.7 cm³/mol. The van der Waals surface area contributed by atoms with Crippen LogP contribution in [0.3, 0.4) is 0 Å². The second kappa shape index (κ2) is 8.07. The lowest BCUT2D eigenvalue weighted by atomic mass is 9.87. The van der Waals surface area contributed by atoms with Crippen molar-refractivity contribution in [3.05, 3.63) is 0 Å². The normalized spacial score (nSPS) is 23.0. The van der Waals surface area contributed by atoms with Gasteiger partial charge < -0.3 is 15.0 Å². The van der Waals surface area contributed by atoms with Crippen LogP contribution in [-0.4, -0.2) is 42.1 Å². The first kappa shape index (κ1) is 19.6. The van der Waals surface area contributed by atoms with Crippen molar-refractivity contribution in [3.8, 4) is 6.07 Å². The molecule has 25 heavy (non-hydrogen) atoms. The minimum absolute atomic E-state index is 0.118. The molecule has 6 heteroatoms. The molecule has 140 valence electrons. The zero-order valence-electron chi connectivity index (χ0n) is 15.8. The number of nitriles is 1. The van der Waals surface area contributed by atoms with Crippen LogP contribution in [0.2, 0.25) is 0 Å². The summed E-state index contributed by atoms with van der Waals surface area (Å²) < 4.78 is 5.44. The highest BCUT2D eigenvalue weighted by atomic mass is 16.6. The number of nitrogens with zero attached hydrogens (tertiary/aromatic N) is 2. The fourth-order valence-electron chi connectivity index (χ4n) is 3.72. The molecule has 0 radical (unpaired) electrons. The molecule has 1 atom stereocenters. The van der Waals surface area contributed by atoms with Gasteiger partial charge in [-0.05, 0) is 58.8 Å². The van der Waals surface area contributed by atoms with Crippen LogP contribution >= 0.6 is 0 Å². The van der Waals surface area contributed by atoms with E-state index in [2.05, 4.69) is 11.4 Å². The van der Waals surface area contributed by atoms with Crippen molar-refractivity contribution in [2.75, 3.05) is 19.6 Å². The molecule has 2 amide bonds. The van der Waals surface area contributed by atoms with Crippen LogP contribution in [0.1, 0.15) is 65.7 Å². The molecule has 2 rings (SSSR count). The summed E-state index contributed by atoms with van der Waals surface area (Å²) in [7, 11) is 0. The molecule has 0 bridgehead atoms. The van der Waals surface area contributed by atoms with E-state index < -0.39 is 11.0 Å². The quantitative estimate of drug-likeness (QED) is 0.845. The Hall–Kier alpha value is -1.77. The Balaban J connectivity index is 1.76. The highest BCUT2D eigenvalue weighted by molar-refractivity contribution is 5.85. The van der Waals surface area contributed by atoms with Gasteiger partial charge in [-0.1, -0.05) is 12.8 Å². The Morgan fingerprint density at radius 1 is 1.28 bits per heavy atom. The Kier molecular flexibility index (Phi) is 6.31. The second-order valence-corrected chi connectivity index (χ2v) is 8.38. The van der Waals surface area contributed by atoms with Crippen LogP contribution in [0.5, 0.6) is 0 Å². The third kappa shape index (κ3) is 5.35. The van der Waals surface area contributed by atoms with Crippen LogP contribution in [0.15, 0.2) is 0 Å². The number of hydrogen-bond acceptors (Lipinski definition) is 4. The zero-order valence-corrected chi connectivity index (χ0v) is 15.8. The molecule has 1 N–H and O–H groups in total. The van der Waals surface area contributed by atoms with E-state index in [0.29, 0.717) is 31.8 Å². The first-order valence-corrected chi connectivity index (χ1v) is 9.43. The Labute approximate surface area is 150 Å². The highest BCUT2D eigenvalue weighted by Crippen LogP contribution is 2.37. The first-order chi connectivity index (χ1) is 11.8. The fraction of sp³-hybridized carbons (Fsp3) is 0.842. The lowest BCUT2D eigenvalue weighted by Gasteiger charge is -2.34. The van der Waals surface area contributed by atoms with Crippen molar-refractivity contribution >= 4 is 12.0 Å². The number of carbonyl (C=O) groups excluding carboxylic acids is 2. The molecule has 1 saturated heterocycles. The van der Waals surface area contributed by atoms with Crippen LogP contribution in [0.25, 0.3) is 0 Å². The summed E-state index contributed by atoms with van der Waals surface area (Å²) in [6.07, 6.45) is 5.83. The number of piperidine rings is 1. The third-order valence-corrected chi connectivity index (χ3v) is 5.11. The van der Waals surface area contributed by atoms with E-state index in [0.717, 1.165) is 38.6 Å². The summed E-state index contributed by atoms with van der Waals surface area (Å²) in [6, 6.07) is 2.23. The second-order valence-electron chi connectivity index (χ2n) is 8.38. The van der Waals surface area contributed by atoms with Crippen molar-refractivity contribution in [3.63, 3.8) is 0 Å². The zero-order chi connectivity index (χ0) is 18.5. The van der Waals surface area contributed by atoms with Crippen LogP contribution in [0, 0.1) is 22.7 Å². The van der Waals surface area contributed by atoms with Crippen molar-refractivity contribution in [2.24, 2.45) is 11.3 Å². The van der Waals surface area contributed by atoms with Gasteiger partial charge in [0, 0.05) is 19.6 Å². The molecular weight excluding hydrogens is 318 g/mol. The lowest BCUT2D eigenvalue weighted by molar-refractivity contribution is -0.128. The van der Waals surface area contributed by atoms with E-state index >= 15 is 0 Å². The number of carbonyl (C=O) groups is 2. The van der Waals surface area contributed by atoms with E-state index in [1.807, 2.05) is 20.8 Å². The van der Waals surface area contributed by atoms with Crippen molar-refractivity contribution < 1.29 is 14.3 Å². The van der Waals surface area contributed by atoms with Crippen LogP contribution in [-0.2, 0) is 9.53 Å². The fourth-order valence-corrected chi connectivity index (χ4v) is 3.72. The van der Waals surface area contributed by atoms with Gasteiger partial charge in [0.2, 0.25) is 5.91 Å². The number of nitrogens with one attached hydrogen (secondary N) is 1. The standard InChI is InChI=1S/C19H31N3O3/c1-18(2,3)25-17(24)22-12-6-7-15(13-22)8-11-21-16(23)19(14-20)9-4-5-10-19/h15H,4-13H2,1-3H3,(H,21,23)/t15-/m1/s1. The molecule has 2 aliphatic rings. The maximum absolute atomic E-state index is 12.4. The van der Waals surface area contributed by atoms with Crippen molar-refractivity contribution in [2.45, 2.75) is 71.3 Å². The molecule has 1 heterocycles. The van der Waals surface area contributed by atoms with Gasteiger partial charge in [0.05, 0.1) is 6.07 Å². The average Bonchev–Trinajstić information content (AvgIpc) is 3.04. The molecule has 0 aromatic rings. The van der Waals surface area contributed by atoms with Crippen LogP contribution in [0.4, 0.5) is 4.79 Å². The molecule has 0 aromatic heterocycles. The Bertz CT molecular complexity index is 527. The van der Waals surface area contributed by atoms with E-state index in [1.165, 1.54) is 0 Å². The summed E-state index contributed by atoms with van der Waals surface area (Å²) >= 11 is 0. The van der Waals surface area contributed by atoms with E-state index in [4.69, 9.17) is 4.74 Å². The molecule has 6 nitrogen and oxygen atoms in total. The molecule has 1 saturated carbocycles. The van der Waals surface area contributed by atoms with Gasteiger partial charge in [0.1, 0.15) is 11.0 Å². The van der Waals surface area contributed by atoms with Crippen molar-refractivity contribution in [1.29, 1.82) is 5.26 Å². The van der Waals surface area contributed by atoms with Gasteiger partial charge in [-0.2, -0.15) is 5.26 Å². The molecule has 1 aliphatic carbocycles. The SMILES string of the molecule is CC(C)(C)OC(=O)N1CCC[C@H](CCNC(=O)C2(C#N)CCCC2)C1. The van der Waals surface area contributed by atoms with Gasteiger partial charge in [0.25, 0.3) is 0 Å². The summed E-state index contributed by atoms with van der Waals surface area (Å²) in [5.41, 5.74) is -1.29. The topological polar surface area (TPSA) is 82.4 Å². The van der Waals surface area contributed by atoms with Gasteiger partial charge in [-0.15, -0.1) is 0 Å². The molecule has 2 fully saturated rings. The minimum Gasteiger partial charge on any atom is -0.444 e. The van der Waals surface area contributed by atoms with Gasteiger partial charge in [-0.25, -0.2) is 4.79 Å². The number of hydrogen-bond donors (Lipinski definition) is 1. The largest absolute Gasteiger partial charge is 0.444 e. The third-order valence-electron chi connectivity index (χ3n) is 5.11. The minimum atomic E-state index is -0.810. The highest BCUT2D eigenvalue weighted by Gasteiger charge is 2.41. The summed E-state index contributed by atoms with van der Waals surface area (Å²) in [6.45, 7) is 7.58. The maximum atomic E-state index is 12.4. The van der Waals surface area contributed by atoms with E-state index in [-0.39, 0.29) is 12.0 Å². The first-order valence-electron chi connectivity index (χ1n) is 9.43. The molecule has 0 unspecified atom stereocenters. The molecule has 0 spiro atoms. The Morgan fingerprint density at radius 2 is 1.96 bits per heavy atom. The predicted octanol–water partition coefficient (Wildman–Crippen LogP) is 3.22. The summed E-state index contributed by atoms with van der Waals surface area (Å²) in [5.74, 6) is 0.246. The van der Waals surface area contributed by atoms with E-state index in [9.17, 15) is 14.9 Å². The number of likely N-dealkylation sites (tertiary alicyclic amines) is 1. The molecule has 1 aliphatic heterocycles. The average molecular weight is 349 g/mol. The number of ether oxygens (including phenoxy) is 1.